The molecule has 1 aromatic heterocycles. The van der Waals surface area contributed by atoms with Crippen LogP contribution in [0.2, 0.25) is 0 Å². The molecule has 0 bridgehead atoms. The minimum Gasteiger partial charge on any atom is -0.423 e. The Morgan fingerprint density at radius 1 is 0.844 bits per heavy atom. The van der Waals surface area contributed by atoms with Crippen LogP contribution in [0.3, 0.4) is 0 Å². The van der Waals surface area contributed by atoms with Gasteiger partial charge in [-0.3, -0.25) is 4.79 Å². The molecule has 0 aliphatic heterocycles. The minimum absolute atomic E-state index is 0.302. The first-order valence-corrected chi connectivity index (χ1v) is 10.0. The van der Waals surface area contributed by atoms with Gasteiger partial charge in [0, 0.05) is 23.6 Å². The van der Waals surface area contributed by atoms with Crippen molar-refractivity contribution in [3.8, 4) is 11.4 Å². The molecule has 32 heavy (non-hydrogen) atoms. The second kappa shape index (κ2) is 9.57. The molecular weight excluding hydrogens is 402 g/mol. The van der Waals surface area contributed by atoms with Gasteiger partial charge in [-0.15, -0.1) is 0 Å². The van der Waals surface area contributed by atoms with E-state index >= 15 is 0 Å². The Hall–Kier alpha value is -4.45. The van der Waals surface area contributed by atoms with Crippen molar-refractivity contribution in [3.63, 3.8) is 0 Å². The van der Waals surface area contributed by atoms with E-state index in [0.717, 1.165) is 16.8 Å². The molecule has 0 unspecified atom stereocenters. The average Bonchev–Trinajstić information content (AvgIpc) is 3.36. The Kier molecular flexibility index (Phi) is 6.22. The first kappa shape index (κ1) is 20.8. The highest BCUT2D eigenvalue weighted by atomic mass is 16.5. The van der Waals surface area contributed by atoms with Gasteiger partial charge in [-0.1, -0.05) is 17.7 Å². The number of hydrogen-bond donors (Lipinski definition) is 1. The van der Waals surface area contributed by atoms with Crippen molar-refractivity contribution in [1.82, 2.24) is 9.99 Å². The zero-order valence-electron chi connectivity index (χ0n) is 17.4. The summed E-state index contributed by atoms with van der Waals surface area (Å²) in [6, 6.07) is 25.2. The van der Waals surface area contributed by atoms with Gasteiger partial charge in [0.25, 0.3) is 5.91 Å². The van der Waals surface area contributed by atoms with Crippen molar-refractivity contribution in [3.05, 3.63) is 120 Å². The molecule has 0 aliphatic rings. The van der Waals surface area contributed by atoms with E-state index in [1.165, 1.54) is 6.21 Å². The highest BCUT2D eigenvalue weighted by Crippen LogP contribution is 2.14. The van der Waals surface area contributed by atoms with Gasteiger partial charge in [0.2, 0.25) is 0 Å². The fraction of sp³-hybridized carbons (Fsp3) is 0.0385. The number of hydrazone groups is 1. The number of nitrogens with one attached hydrogen (secondary N) is 1. The Bertz CT molecular complexity index is 1230. The van der Waals surface area contributed by atoms with Gasteiger partial charge in [-0.25, -0.2) is 10.2 Å². The van der Waals surface area contributed by atoms with Crippen LogP contribution in [0, 0.1) is 6.92 Å². The first-order valence-electron chi connectivity index (χ1n) is 10.0. The third-order valence-corrected chi connectivity index (χ3v) is 4.79. The highest BCUT2D eigenvalue weighted by molar-refractivity contribution is 5.95. The van der Waals surface area contributed by atoms with Crippen LogP contribution >= 0.6 is 0 Å². The van der Waals surface area contributed by atoms with Crippen molar-refractivity contribution >= 4 is 18.1 Å². The van der Waals surface area contributed by atoms with Gasteiger partial charge >= 0.3 is 5.97 Å². The molecule has 0 radical (unpaired) electrons. The fourth-order valence-corrected chi connectivity index (χ4v) is 3.00. The Balaban J connectivity index is 1.31. The largest absolute Gasteiger partial charge is 0.423 e. The number of carbonyl (C=O) groups is 2. The number of ether oxygens (including phenoxy) is 1. The number of aryl methyl sites for hydroxylation is 1. The second-order valence-corrected chi connectivity index (χ2v) is 7.16. The van der Waals surface area contributed by atoms with Crippen LogP contribution in [-0.2, 0) is 0 Å². The summed E-state index contributed by atoms with van der Waals surface area (Å²) in [6.07, 6.45) is 5.40. The topological polar surface area (TPSA) is 72.7 Å². The number of hydrogen-bond acceptors (Lipinski definition) is 4. The molecule has 0 saturated heterocycles. The molecule has 6 heteroatoms. The summed E-state index contributed by atoms with van der Waals surface area (Å²) in [4.78, 5) is 24.5. The Labute approximate surface area is 185 Å². The minimum atomic E-state index is -0.415. The number of esters is 1. The van der Waals surface area contributed by atoms with Gasteiger partial charge in [0.05, 0.1) is 11.8 Å². The van der Waals surface area contributed by atoms with Gasteiger partial charge in [0.15, 0.2) is 0 Å². The zero-order chi connectivity index (χ0) is 22.3. The number of rotatable bonds is 6. The predicted molar refractivity (Wildman–Crippen MR) is 123 cm³/mol. The van der Waals surface area contributed by atoms with E-state index in [1.807, 2.05) is 60.3 Å². The number of amides is 1. The lowest BCUT2D eigenvalue weighted by atomic mass is 10.1. The first-order chi connectivity index (χ1) is 15.6. The van der Waals surface area contributed by atoms with Gasteiger partial charge < -0.3 is 9.30 Å². The summed E-state index contributed by atoms with van der Waals surface area (Å²) >= 11 is 0. The quantitative estimate of drug-likeness (QED) is 0.210. The lowest BCUT2D eigenvalue weighted by Crippen LogP contribution is -2.17. The zero-order valence-corrected chi connectivity index (χ0v) is 17.4. The summed E-state index contributed by atoms with van der Waals surface area (Å²) in [6.45, 7) is 1.96. The summed E-state index contributed by atoms with van der Waals surface area (Å²) < 4.78 is 7.34. The normalized spacial score (nSPS) is 10.8. The van der Waals surface area contributed by atoms with Crippen molar-refractivity contribution < 1.29 is 14.3 Å². The molecule has 0 saturated carbocycles. The summed E-state index contributed by atoms with van der Waals surface area (Å²) in [5.41, 5.74) is 6.31. The number of carbonyl (C=O) groups excluding carboxylic acids is 2. The number of aromatic nitrogens is 1. The van der Waals surface area contributed by atoms with Crippen LogP contribution < -0.4 is 10.2 Å². The second-order valence-electron chi connectivity index (χ2n) is 7.16. The molecule has 1 N–H and O–H groups in total. The van der Waals surface area contributed by atoms with Crippen LogP contribution in [0.4, 0.5) is 0 Å². The highest BCUT2D eigenvalue weighted by Gasteiger charge is 2.08. The summed E-state index contributed by atoms with van der Waals surface area (Å²) in [7, 11) is 0. The summed E-state index contributed by atoms with van der Waals surface area (Å²) in [5, 5.41) is 4.00. The maximum Gasteiger partial charge on any atom is 0.343 e. The smallest absolute Gasteiger partial charge is 0.343 e. The van der Waals surface area contributed by atoms with Crippen molar-refractivity contribution in [2.24, 2.45) is 5.10 Å². The lowest BCUT2D eigenvalue weighted by Gasteiger charge is -2.05. The SMILES string of the molecule is Cc1ccc(C(=O)Oc2ccc(/C=N/NC(=O)c3ccc(-n4cccc4)cc3)cc2)cc1. The molecule has 4 rings (SSSR count). The molecule has 0 fully saturated rings. The van der Waals surface area contributed by atoms with E-state index < -0.39 is 5.97 Å². The van der Waals surface area contributed by atoms with E-state index in [1.54, 1.807) is 48.5 Å². The molecule has 4 aromatic rings. The molecule has 6 nitrogen and oxygen atoms in total. The van der Waals surface area contributed by atoms with Gasteiger partial charge in [-0.2, -0.15) is 5.10 Å². The van der Waals surface area contributed by atoms with Gasteiger partial charge in [-0.05, 0) is 85.3 Å². The van der Waals surface area contributed by atoms with Crippen LogP contribution in [-0.4, -0.2) is 22.7 Å². The van der Waals surface area contributed by atoms with Crippen LogP contribution in [0.25, 0.3) is 5.69 Å². The van der Waals surface area contributed by atoms with E-state index in [-0.39, 0.29) is 5.91 Å². The van der Waals surface area contributed by atoms with Crippen molar-refractivity contribution in [1.29, 1.82) is 0 Å². The molecule has 1 amide bonds. The Morgan fingerprint density at radius 2 is 1.47 bits per heavy atom. The molecule has 3 aromatic carbocycles. The molecule has 0 atom stereocenters. The van der Waals surface area contributed by atoms with Crippen LogP contribution in [0.1, 0.15) is 31.8 Å². The van der Waals surface area contributed by atoms with Crippen molar-refractivity contribution in [2.75, 3.05) is 0 Å². The number of benzene rings is 3. The Morgan fingerprint density at radius 3 is 2.12 bits per heavy atom. The third-order valence-electron chi connectivity index (χ3n) is 4.79. The summed E-state index contributed by atoms with van der Waals surface area (Å²) in [5.74, 6) is -0.287. The maximum atomic E-state index is 12.3. The third kappa shape index (κ3) is 5.17. The van der Waals surface area contributed by atoms with E-state index in [9.17, 15) is 9.59 Å². The van der Waals surface area contributed by atoms with E-state index in [4.69, 9.17) is 4.74 Å². The number of nitrogens with zero attached hydrogens (tertiary/aromatic N) is 2. The lowest BCUT2D eigenvalue weighted by molar-refractivity contribution is 0.0734. The monoisotopic (exact) mass is 423 g/mol. The van der Waals surface area contributed by atoms with E-state index in [2.05, 4.69) is 10.5 Å². The average molecular weight is 423 g/mol. The molecule has 158 valence electrons. The molecular formula is C26H21N3O3. The van der Waals surface area contributed by atoms with Crippen LogP contribution in [0.5, 0.6) is 5.75 Å². The molecule has 0 spiro atoms. The molecule has 1 heterocycles. The maximum absolute atomic E-state index is 12.3. The predicted octanol–water partition coefficient (Wildman–Crippen LogP) is 4.77. The van der Waals surface area contributed by atoms with Crippen LogP contribution in [0.15, 0.2) is 102 Å². The standard InChI is InChI=1S/C26H21N3O3/c1-19-4-8-22(9-5-19)26(31)32-24-14-6-20(7-15-24)18-27-28-25(30)21-10-12-23(13-11-21)29-16-2-3-17-29/h2-18H,1H3,(H,28,30)/b27-18+. The van der Waals surface area contributed by atoms with Crippen molar-refractivity contribution in [2.45, 2.75) is 6.92 Å². The van der Waals surface area contributed by atoms with Gasteiger partial charge in [0.1, 0.15) is 5.75 Å². The van der Waals surface area contributed by atoms with E-state index in [0.29, 0.717) is 16.9 Å². The fourth-order valence-electron chi connectivity index (χ4n) is 3.00. The molecule has 0 aliphatic carbocycles.